The molecule has 0 heterocycles. The third-order valence-electron chi connectivity index (χ3n) is 3.75. The van der Waals surface area contributed by atoms with Crippen molar-refractivity contribution >= 4 is 47.3 Å². The van der Waals surface area contributed by atoms with Crippen LogP contribution in [0.15, 0.2) is 0 Å². The highest BCUT2D eigenvalue weighted by molar-refractivity contribution is 7.98. The fourth-order valence-electron chi connectivity index (χ4n) is 2.12. The highest BCUT2D eigenvalue weighted by atomic mass is 32.2. The molecule has 0 radical (unpaired) electrons. The number of hydrogen-bond acceptors (Lipinski definition) is 8. The van der Waals surface area contributed by atoms with Crippen LogP contribution in [0.4, 0.5) is 0 Å². The van der Waals surface area contributed by atoms with Crippen LogP contribution in [-0.2, 0) is 28.8 Å². The quantitative estimate of drug-likeness (QED) is 0.142. The third-order valence-corrected chi connectivity index (χ3v) is 4.40. The Hall–Kier alpha value is -2.87. The third kappa shape index (κ3) is 10.6. The van der Waals surface area contributed by atoms with Crippen molar-refractivity contribution in [2.45, 2.75) is 50.4 Å². The van der Waals surface area contributed by atoms with Gasteiger partial charge in [-0.15, -0.1) is 0 Å². The Bertz CT molecular complexity index is 674. The molecule has 0 rings (SSSR count). The van der Waals surface area contributed by atoms with Crippen molar-refractivity contribution in [3.63, 3.8) is 0 Å². The second-order valence-corrected chi connectivity index (χ2v) is 7.33. The number of carboxylic acids is 2. The summed E-state index contributed by atoms with van der Waals surface area (Å²) in [4.78, 5) is 69.5. The zero-order valence-corrected chi connectivity index (χ0v) is 17.4. The number of amides is 4. The Morgan fingerprint density at radius 2 is 1.47 bits per heavy atom. The van der Waals surface area contributed by atoms with E-state index >= 15 is 0 Å². The fraction of sp³-hybridized carbons (Fsp3) is 0.625. The van der Waals surface area contributed by atoms with E-state index in [0.717, 1.165) is 0 Å². The Morgan fingerprint density at radius 1 is 0.900 bits per heavy atom. The van der Waals surface area contributed by atoms with E-state index < -0.39 is 72.6 Å². The molecule has 0 aliphatic rings. The van der Waals surface area contributed by atoms with Crippen LogP contribution < -0.4 is 27.4 Å². The van der Waals surface area contributed by atoms with Crippen LogP contribution in [0.1, 0.15) is 26.2 Å². The van der Waals surface area contributed by atoms with Crippen molar-refractivity contribution in [2.75, 3.05) is 12.0 Å². The molecule has 0 aromatic carbocycles. The Balaban J connectivity index is 5.05. The van der Waals surface area contributed by atoms with E-state index in [1.165, 1.54) is 18.7 Å². The van der Waals surface area contributed by atoms with E-state index in [2.05, 4.69) is 10.6 Å². The number of aliphatic carboxylic acids is 2. The number of carboxylic acid groups (broad SMARTS) is 2. The molecule has 0 fully saturated rings. The highest BCUT2D eigenvalue weighted by Crippen LogP contribution is 2.01. The molecule has 9 N–H and O–H groups in total. The first-order valence-electron chi connectivity index (χ1n) is 8.77. The van der Waals surface area contributed by atoms with Crippen molar-refractivity contribution in [2.24, 2.45) is 11.5 Å². The number of carbonyl (C=O) groups excluding carboxylic acids is 4. The lowest BCUT2D eigenvalue weighted by molar-refractivity contribution is -0.147. The summed E-state index contributed by atoms with van der Waals surface area (Å²) in [5, 5.41) is 24.1. The lowest BCUT2D eigenvalue weighted by Crippen LogP contribution is -2.57. The molecule has 0 aromatic heterocycles. The predicted octanol–water partition coefficient (Wildman–Crippen LogP) is -3.02. The minimum absolute atomic E-state index is 0.330. The van der Waals surface area contributed by atoms with Gasteiger partial charge in [0, 0.05) is 0 Å². The zero-order valence-electron chi connectivity index (χ0n) is 16.5. The van der Waals surface area contributed by atoms with Crippen LogP contribution in [0.25, 0.3) is 0 Å². The van der Waals surface area contributed by atoms with Gasteiger partial charge in [-0.05, 0) is 25.4 Å². The van der Waals surface area contributed by atoms with Crippen molar-refractivity contribution in [3.8, 4) is 0 Å². The molecule has 14 heteroatoms. The van der Waals surface area contributed by atoms with Crippen molar-refractivity contribution in [1.29, 1.82) is 0 Å². The standard InChI is InChI=1S/C16H27N5O8S/c1-7(13(25)21-10(16(28)29)6-12(23)24)19-15(27)9(5-11(18)22)20-14(26)8(17)3-4-30-2/h7-10H,3-6,17H2,1-2H3,(H2,18,22)(H,19,27)(H,20,26)(H,21,25)(H,23,24)(H,28,29). The molecule has 0 bridgehead atoms. The molecule has 4 atom stereocenters. The average Bonchev–Trinajstić information content (AvgIpc) is 2.63. The number of hydrogen-bond donors (Lipinski definition) is 7. The van der Waals surface area contributed by atoms with E-state index in [1.54, 1.807) is 0 Å². The van der Waals surface area contributed by atoms with Crippen LogP contribution in [-0.4, -0.2) is 82.0 Å². The topological polar surface area (TPSA) is 231 Å². The van der Waals surface area contributed by atoms with Gasteiger partial charge in [0.1, 0.15) is 18.1 Å². The van der Waals surface area contributed by atoms with E-state index in [0.29, 0.717) is 12.2 Å². The molecule has 0 saturated heterocycles. The number of rotatable bonds is 14. The lowest BCUT2D eigenvalue weighted by atomic mass is 10.1. The Kier molecular flexibility index (Phi) is 12.1. The summed E-state index contributed by atoms with van der Waals surface area (Å²) in [6, 6.07) is -5.33. The van der Waals surface area contributed by atoms with Gasteiger partial charge in [0.25, 0.3) is 0 Å². The second-order valence-electron chi connectivity index (χ2n) is 6.35. The smallest absolute Gasteiger partial charge is 0.326 e. The summed E-state index contributed by atoms with van der Waals surface area (Å²) in [5.74, 6) is -5.89. The molecule has 4 amide bonds. The van der Waals surface area contributed by atoms with Gasteiger partial charge in [-0.2, -0.15) is 11.8 Å². The van der Waals surface area contributed by atoms with Crippen molar-refractivity contribution in [3.05, 3.63) is 0 Å². The minimum Gasteiger partial charge on any atom is -0.481 e. The molecule has 4 unspecified atom stereocenters. The summed E-state index contributed by atoms with van der Waals surface area (Å²) in [5.41, 5.74) is 10.8. The van der Waals surface area contributed by atoms with Gasteiger partial charge in [0.15, 0.2) is 0 Å². The lowest BCUT2D eigenvalue weighted by Gasteiger charge is -2.22. The molecule has 0 aliphatic heterocycles. The van der Waals surface area contributed by atoms with Gasteiger partial charge in [-0.25, -0.2) is 4.79 Å². The molecule has 0 saturated carbocycles. The maximum absolute atomic E-state index is 12.4. The van der Waals surface area contributed by atoms with E-state index in [9.17, 15) is 28.8 Å². The zero-order chi connectivity index (χ0) is 23.4. The molecular formula is C16H27N5O8S. The molecule has 0 aromatic rings. The molecular weight excluding hydrogens is 422 g/mol. The largest absolute Gasteiger partial charge is 0.481 e. The van der Waals surface area contributed by atoms with Crippen LogP contribution >= 0.6 is 11.8 Å². The first kappa shape index (κ1) is 27.1. The van der Waals surface area contributed by atoms with Gasteiger partial charge in [0.2, 0.25) is 23.6 Å². The van der Waals surface area contributed by atoms with Crippen LogP contribution in [0.2, 0.25) is 0 Å². The van der Waals surface area contributed by atoms with Gasteiger partial charge < -0.3 is 37.6 Å². The number of nitrogens with two attached hydrogens (primary N) is 2. The summed E-state index contributed by atoms with van der Waals surface area (Å²) in [6.45, 7) is 1.21. The van der Waals surface area contributed by atoms with Crippen molar-refractivity contribution < 1.29 is 39.0 Å². The highest BCUT2D eigenvalue weighted by Gasteiger charge is 2.29. The van der Waals surface area contributed by atoms with Crippen LogP contribution in [0.5, 0.6) is 0 Å². The summed E-state index contributed by atoms with van der Waals surface area (Å²) in [7, 11) is 0. The first-order valence-corrected chi connectivity index (χ1v) is 10.2. The van der Waals surface area contributed by atoms with E-state index in [1.807, 2.05) is 11.6 Å². The van der Waals surface area contributed by atoms with E-state index in [4.69, 9.17) is 21.7 Å². The second kappa shape index (κ2) is 13.4. The average molecular weight is 449 g/mol. The summed E-state index contributed by atoms with van der Waals surface area (Å²) >= 11 is 1.47. The minimum atomic E-state index is -1.70. The first-order chi connectivity index (χ1) is 13.9. The van der Waals surface area contributed by atoms with Crippen LogP contribution in [0, 0.1) is 0 Å². The molecule has 30 heavy (non-hydrogen) atoms. The van der Waals surface area contributed by atoms with E-state index in [-0.39, 0.29) is 0 Å². The summed E-state index contributed by atoms with van der Waals surface area (Å²) < 4.78 is 0. The molecule has 13 nitrogen and oxygen atoms in total. The number of thioether (sulfide) groups is 1. The monoisotopic (exact) mass is 449 g/mol. The fourth-order valence-corrected chi connectivity index (χ4v) is 2.61. The van der Waals surface area contributed by atoms with Gasteiger partial charge in [0.05, 0.1) is 18.9 Å². The van der Waals surface area contributed by atoms with Gasteiger partial charge in [-0.1, -0.05) is 0 Å². The summed E-state index contributed by atoms with van der Waals surface area (Å²) in [6.07, 6.45) is 0.733. The molecule has 170 valence electrons. The Labute approximate surface area is 176 Å². The maximum Gasteiger partial charge on any atom is 0.326 e. The SMILES string of the molecule is CSCCC(N)C(=O)NC(CC(N)=O)C(=O)NC(C)C(=O)NC(CC(=O)O)C(=O)O. The number of nitrogens with one attached hydrogen (secondary N) is 3. The maximum atomic E-state index is 12.4. The normalized spacial score (nSPS) is 14.5. The van der Waals surface area contributed by atoms with Gasteiger partial charge >= 0.3 is 11.9 Å². The Morgan fingerprint density at radius 3 is 1.93 bits per heavy atom. The number of primary amides is 1. The van der Waals surface area contributed by atoms with Crippen molar-refractivity contribution in [1.82, 2.24) is 16.0 Å². The van der Waals surface area contributed by atoms with Crippen LogP contribution in [0.3, 0.4) is 0 Å². The van der Waals surface area contributed by atoms with Gasteiger partial charge in [-0.3, -0.25) is 24.0 Å². The number of carbonyl (C=O) groups is 6. The molecule has 0 spiro atoms. The molecule has 0 aliphatic carbocycles. The predicted molar refractivity (Wildman–Crippen MR) is 106 cm³/mol.